The Labute approximate surface area is 152 Å². The van der Waals surface area contributed by atoms with E-state index in [0.29, 0.717) is 32.7 Å². The molecule has 0 aromatic heterocycles. The Morgan fingerprint density at radius 2 is 1.68 bits per heavy atom. The van der Waals surface area contributed by atoms with Crippen LogP contribution in [0.1, 0.15) is 66.2 Å². The van der Waals surface area contributed by atoms with Crippen molar-refractivity contribution in [3.05, 3.63) is 0 Å². The molecule has 0 aromatic carbocycles. The van der Waals surface area contributed by atoms with Gasteiger partial charge in [0.05, 0.1) is 6.61 Å². The van der Waals surface area contributed by atoms with Crippen LogP contribution in [0.4, 0.5) is 0 Å². The highest BCUT2D eigenvalue weighted by atomic mass is 16.8. The lowest BCUT2D eigenvalue weighted by Gasteiger charge is -2.36. The highest BCUT2D eigenvalue weighted by Gasteiger charge is 2.62. The van der Waals surface area contributed by atoms with Crippen molar-refractivity contribution in [2.75, 3.05) is 26.4 Å². The molecule has 2 heterocycles. The molecular weight excluding hydrogens is 324 g/mol. The van der Waals surface area contributed by atoms with Crippen LogP contribution in [0.5, 0.6) is 0 Å². The molecule has 6 heteroatoms. The summed E-state index contributed by atoms with van der Waals surface area (Å²) in [6.45, 7) is 9.98. The summed E-state index contributed by atoms with van der Waals surface area (Å²) in [7, 11) is 0. The van der Waals surface area contributed by atoms with Crippen molar-refractivity contribution in [3.8, 4) is 0 Å². The Bertz CT molecular complexity index is 388. The van der Waals surface area contributed by atoms with Crippen molar-refractivity contribution in [1.82, 2.24) is 0 Å². The quantitative estimate of drug-likeness (QED) is 0.540. The zero-order valence-corrected chi connectivity index (χ0v) is 16.3. The summed E-state index contributed by atoms with van der Waals surface area (Å²) in [6.07, 6.45) is 4.50. The van der Waals surface area contributed by atoms with E-state index in [1.165, 1.54) is 0 Å². The van der Waals surface area contributed by atoms with Gasteiger partial charge >= 0.3 is 0 Å². The van der Waals surface area contributed by atoms with Crippen molar-refractivity contribution in [2.24, 2.45) is 0 Å². The highest BCUT2D eigenvalue weighted by molar-refractivity contribution is 5.04. The summed E-state index contributed by atoms with van der Waals surface area (Å²) in [5.41, 5.74) is -0.629. The monoisotopic (exact) mass is 360 g/mol. The number of ether oxygens (including phenoxy) is 5. The molecule has 2 rings (SSSR count). The maximum absolute atomic E-state index is 9.34. The average Bonchev–Trinajstić information content (AvgIpc) is 3.00. The van der Waals surface area contributed by atoms with Gasteiger partial charge in [0.25, 0.3) is 0 Å². The van der Waals surface area contributed by atoms with Crippen LogP contribution in [0.15, 0.2) is 0 Å². The van der Waals surface area contributed by atoms with E-state index in [1.807, 2.05) is 13.8 Å². The Morgan fingerprint density at radius 3 is 2.36 bits per heavy atom. The van der Waals surface area contributed by atoms with Gasteiger partial charge in [-0.05, 0) is 39.5 Å². The molecule has 6 nitrogen and oxygen atoms in total. The summed E-state index contributed by atoms with van der Waals surface area (Å²) in [5.74, 6) is -0.673. The Balaban J connectivity index is 2.11. The first-order valence-corrected chi connectivity index (χ1v) is 9.81. The van der Waals surface area contributed by atoms with E-state index in [9.17, 15) is 5.11 Å². The Morgan fingerprint density at radius 1 is 0.960 bits per heavy atom. The van der Waals surface area contributed by atoms with Crippen LogP contribution in [0.2, 0.25) is 0 Å². The summed E-state index contributed by atoms with van der Waals surface area (Å²) in [4.78, 5) is 0. The van der Waals surface area contributed by atoms with Gasteiger partial charge in [0.2, 0.25) is 0 Å². The first kappa shape index (κ1) is 21.1. The van der Waals surface area contributed by atoms with Crippen LogP contribution in [0.3, 0.4) is 0 Å². The number of unbranched alkanes of at least 4 members (excludes halogenated alkanes) is 2. The van der Waals surface area contributed by atoms with E-state index < -0.39 is 17.7 Å². The molecule has 0 spiro atoms. The molecule has 148 valence electrons. The first-order valence-electron chi connectivity index (χ1n) is 9.81. The van der Waals surface area contributed by atoms with Crippen LogP contribution in [0, 0.1) is 0 Å². The minimum atomic E-state index is -0.673. The normalized spacial score (nSPS) is 33.7. The standard InChI is InChI=1S/C19H36O6/c1-5-7-12-21-14-19(10-9-11-20)16(22-13-8-6-2)15-17(25-19)24-18(3,4)23-15/h15-17,20H,5-14H2,1-4H3/t15-,16?,17-,19+/m0/s1. The number of hydrogen-bond acceptors (Lipinski definition) is 6. The fourth-order valence-electron chi connectivity index (χ4n) is 3.51. The van der Waals surface area contributed by atoms with Crippen molar-refractivity contribution < 1.29 is 28.8 Å². The second-order valence-corrected chi connectivity index (χ2v) is 7.53. The predicted molar refractivity (Wildman–Crippen MR) is 94.3 cm³/mol. The van der Waals surface area contributed by atoms with E-state index >= 15 is 0 Å². The molecule has 0 radical (unpaired) electrons. The minimum absolute atomic E-state index is 0.115. The number of fused-ring (bicyclic) bond motifs is 1. The van der Waals surface area contributed by atoms with Crippen molar-refractivity contribution >= 4 is 0 Å². The zero-order chi connectivity index (χ0) is 18.3. The molecule has 4 atom stereocenters. The fraction of sp³-hybridized carbons (Fsp3) is 1.00. The molecule has 1 N–H and O–H groups in total. The molecule has 2 fully saturated rings. The summed E-state index contributed by atoms with van der Waals surface area (Å²) >= 11 is 0. The molecule has 0 bridgehead atoms. The number of aliphatic hydroxyl groups excluding tert-OH is 1. The molecule has 0 saturated carbocycles. The second-order valence-electron chi connectivity index (χ2n) is 7.53. The lowest BCUT2D eigenvalue weighted by molar-refractivity contribution is -0.255. The van der Waals surface area contributed by atoms with Crippen LogP contribution in [-0.2, 0) is 23.7 Å². The minimum Gasteiger partial charge on any atom is -0.396 e. The SMILES string of the molecule is CCCCOC[C@@]1(CCCO)O[C@@H]2OC(C)(C)O[C@H]2C1OCCCC. The molecule has 25 heavy (non-hydrogen) atoms. The van der Waals surface area contributed by atoms with E-state index in [0.717, 1.165) is 25.7 Å². The third-order valence-corrected chi connectivity index (χ3v) is 4.80. The molecular formula is C19H36O6. The molecule has 2 aliphatic rings. The average molecular weight is 360 g/mol. The summed E-state index contributed by atoms with van der Waals surface area (Å²) in [5, 5.41) is 9.34. The van der Waals surface area contributed by atoms with Crippen molar-refractivity contribution in [1.29, 1.82) is 0 Å². The predicted octanol–water partition coefficient (Wildman–Crippen LogP) is 3.01. The highest BCUT2D eigenvalue weighted by Crippen LogP contribution is 2.45. The Hall–Kier alpha value is -0.240. The summed E-state index contributed by atoms with van der Waals surface area (Å²) < 4.78 is 30.5. The molecule has 2 saturated heterocycles. The third-order valence-electron chi connectivity index (χ3n) is 4.80. The number of hydrogen-bond donors (Lipinski definition) is 1. The van der Waals surface area contributed by atoms with Crippen LogP contribution < -0.4 is 0 Å². The van der Waals surface area contributed by atoms with Gasteiger partial charge in [0.1, 0.15) is 17.8 Å². The second kappa shape index (κ2) is 9.62. The molecule has 2 aliphatic heterocycles. The number of aliphatic hydroxyl groups is 1. The topological polar surface area (TPSA) is 66.4 Å². The molecule has 0 aliphatic carbocycles. The van der Waals surface area contributed by atoms with Gasteiger partial charge < -0.3 is 28.8 Å². The van der Waals surface area contributed by atoms with Crippen molar-refractivity contribution in [3.63, 3.8) is 0 Å². The largest absolute Gasteiger partial charge is 0.396 e. The van der Waals surface area contributed by atoms with Gasteiger partial charge in [0.15, 0.2) is 12.1 Å². The lowest BCUT2D eigenvalue weighted by Crippen LogP contribution is -2.50. The molecule has 0 aromatic rings. The van der Waals surface area contributed by atoms with Gasteiger partial charge in [-0.25, -0.2) is 0 Å². The van der Waals surface area contributed by atoms with Crippen LogP contribution >= 0.6 is 0 Å². The summed E-state index contributed by atoms with van der Waals surface area (Å²) in [6, 6.07) is 0. The Kier molecular flexibility index (Phi) is 8.11. The van der Waals surface area contributed by atoms with E-state index in [1.54, 1.807) is 0 Å². The van der Waals surface area contributed by atoms with Gasteiger partial charge in [-0.3, -0.25) is 0 Å². The van der Waals surface area contributed by atoms with Crippen molar-refractivity contribution in [2.45, 2.75) is 96.1 Å². The molecule has 1 unspecified atom stereocenters. The van der Waals surface area contributed by atoms with E-state index in [4.69, 9.17) is 23.7 Å². The van der Waals surface area contributed by atoms with Gasteiger partial charge in [0, 0.05) is 19.8 Å². The third kappa shape index (κ3) is 5.37. The first-order chi connectivity index (χ1) is 12.0. The maximum atomic E-state index is 9.34. The smallest absolute Gasteiger partial charge is 0.190 e. The number of rotatable bonds is 12. The van der Waals surface area contributed by atoms with Gasteiger partial charge in [-0.2, -0.15) is 0 Å². The maximum Gasteiger partial charge on any atom is 0.190 e. The molecule has 0 amide bonds. The van der Waals surface area contributed by atoms with E-state index in [-0.39, 0.29) is 18.8 Å². The zero-order valence-electron chi connectivity index (χ0n) is 16.3. The lowest BCUT2D eigenvalue weighted by atomic mass is 9.90. The van der Waals surface area contributed by atoms with Crippen LogP contribution in [-0.4, -0.2) is 61.4 Å². The fourth-order valence-corrected chi connectivity index (χ4v) is 3.51. The van der Waals surface area contributed by atoms with Gasteiger partial charge in [-0.15, -0.1) is 0 Å². The van der Waals surface area contributed by atoms with E-state index in [2.05, 4.69) is 13.8 Å². The van der Waals surface area contributed by atoms with Crippen LogP contribution in [0.25, 0.3) is 0 Å². The van der Waals surface area contributed by atoms with Gasteiger partial charge in [-0.1, -0.05) is 26.7 Å².